The Morgan fingerprint density at radius 3 is 2.70 bits per heavy atom. The summed E-state index contributed by atoms with van der Waals surface area (Å²) in [5, 5.41) is 0. The van der Waals surface area contributed by atoms with E-state index in [0.29, 0.717) is 6.10 Å². The Balaban J connectivity index is 1.94. The van der Waals surface area contributed by atoms with Crippen LogP contribution in [0.5, 0.6) is 0 Å². The van der Waals surface area contributed by atoms with E-state index in [4.69, 9.17) is 14.2 Å². The lowest BCUT2D eigenvalue weighted by Crippen LogP contribution is -2.22. The molecular formula is C20H38O3. The topological polar surface area (TPSA) is 27.7 Å². The van der Waals surface area contributed by atoms with Gasteiger partial charge in [-0.3, -0.25) is 0 Å². The predicted molar refractivity (Wildman–Crippen MR) is 96.7 cm³/mol. The van der Waals surface area contributed by atoms with E-state index in [0.717, 1.165) is 38.9 Å². The fourth-order valence-corrected chi connectivity index (χ4v) is 2.93. The van der Waals surface area contributed by atoms with E-state index in [9.17, 15) is 0 Å². The standard InChI is InChI=1S/C20H38O3/c1-3-4-5-6-9-14-19(21-2)15-10-7-8-12-17-22-20-16-11-13-18-23-20/h7,10,19-20H,3-6,8-9,11-18H2,1-2H3/b10-7+/t19-,20?/m1/s1. The highest BCUT2D eigenvalue weighted by molar-refractivity contribution is 4.84. The van der Waals surface area contributed by atoms with Gasteiger partial charge in [0.1, 0.15) is 0 Å². The molecule has 136 valence electrons. The van der Waals surface area contributed by atoms with Crippen LogP contribution in [0.25, 0.3) is 0 Å². The van der Waals surface area contributed by atoms with Gasteiger partial charge in [0.15, 0.2) is 6.29 Å². The number of hydrogen-bond donors (Lipinski definition) is 0. The van der Waals surface area contributed by atoms with Crippen molar-refractivity contribution in [1.29, 1.82) is 0 Å². The Morgan fingerprint density at radius 1 is 1.09 bits per heavy atom. The van der Waals surface area contributed by atoms with Crippen molar-refractivity contribution in [2.75, 3.05) is 20.3 Å². The van der Waals surface area contributed by atoms with E-state index in [1.165, 1.54) is 51.4 Å². The molecule has 3 nitrogen and oxygen atoms in total. The Morgan fingerprint density at radius 2 is 1.96 bits per heavy atom. The van der Waals surface area contributed by atoms with Crippen molar-refractivity contribution in [3.63, 3.8) is 0 Å². The van der Waals surface area contributed by atoms with Crippen molar-refractivity contribution in [3.8, 4) is 0 Å². The fraction of sp³-hybridized carbons (Fsp3) is 0.900. The van der Waals surface area contributed by atoms with Crippen LogP contribution in [0.15, 0.2) is 12.2 Å². The molecule has 1 heterocycles. The first-order valence-corrected chi connectivity index (χ1v) is 9.77. The van der Waals surface area contributed by atoms with Crippen molar-refractivity contribution in [3.05, 3.63) is 12.2 Å². The van der Waals surface area contributed by atoms with Crippen molar-refractivity contribution in [1.82, 2.24) is 0 Å². The second kappa shape index (κ2) is 15.2. The Bertz CT molecular complexity index is 272. The van der Waals surface area contributed by atoms with Crippen LogP contribution in [-0.4, -0.2) is 32.7 Å². The van der Waals surface area contributed by atoms with Crippen molar-refractivity contribution >= 4 is 0 Å². The maximum atomic E-state index is 5.74. The summed E-state index contributed by atoms with van der Waals surface area (Å²) in [5.41, 5.74) is 0. The Kier molecular flexibility index (Phi) is 13.6. The third-order valence-corrected chi connectivity index (χ3v) is 4.49. The first-order chi connectivity index (χ1) is 11.4. The predicted octanol–water partition coefficient (Wildman–Crippen LogP) is 5.63. The second-order valence-electron chi connectivity index (χ2n) is 6.58. The molecule has 1 aliphatic rings. The highest BCUT2D eigenvalue weighted by atomic mass is 16.7. The molecule has 0 bridgehead atoms. The monoisotopic (exact) mass is 326 g/mol. The molecule has 1 rings (SSSR count). The smallest absolute Gasteiger partial charge is 0.157 e. The van der Waals surface area contributed by atoms with Crippen molar-refractivity contribution in [2.45, 2.75) is 96.4 Å². The molecule has 1 unspecified atom stereocenters. The average Bonchev–Trinajstić information content (AvgIpc) is 2.59. The third kappa shape index (κ3) is 11.7. The molecule has 0 aromatic carbocycles. The molecule has 0 aliphatic carbocycles. The molecule has 23 heavy (non-hydrogen) atoms. The van der Waals surface area contributed by atoms with Gasteiger partial charge in [-0.05, 0) is 44.9 Å². The number of ether oxygens (including phenoxy) is 3. The van der Waals surface area contributed by atoms with Crippen molar-refractivity contribution < 1.29 is 14.2 Å². The summed E-state index contributed by atoms with van der Waals surface area (Å²) >= 11 is 0. The zero-order valence-electron chi connectivity index (χ0n) is 15.4. The zero-order chi connectivity index (χ0) is 16.6. The minimum Gasteiger partial charge on any atom is -0.381 e. The normalized spacial score (nSPS) is 20.2. The van der Waals surface area contributed by atoms with Gasteiger partial charge in [-0.1, -0.05) is 51.2 Å². The fourth-order valence-electron chi connectivity index (χ4n) is 2.93. The molecule has 0 radical (unpaired) electrons. The van der Waals surface area contributed by atoms with Crippen LogP contribution in [-0.2, 0) is 14.2 Å². The van der Waals surface area contributed by atoms with E-state index in [1.807, 2.05) is 7.11 Å². The van der Waals surface area contributed by atoms with E-state index in [-0.39, 0.29) is 6.29 Å². The van der Waals surface area contributed by atoms with Crippen LogP contribution < -0.4 is 0 Å². The highest BCUT2D eigenvalue weighted by Crippen LogP contribution is 2.14. The van der Waals surface area contributed by atoms with Gasteiger partial charge >= 0.3 is 0 Å². The molecule has 2 atom stereocenters. The summed E-state index contributed by atoms with van der Waals surface area (Å²) in [6.45, 7) is 3.93. The molecule has 0 aromatic rings. The lowest BCUT2D eigenvalue weighted by molar-refractivity contribution is -0.162. The van der Waals surface area contributed by atoms with Crippen LogP contribution in [0, 0.1) is 0 Å². The van der Waals surface area contributed by atoms with Crippen LogP contribution in [0.4, 0.5) is 0 Å². The SMILES string of the molecule is CCCCCCC[C@H](C/C=C/CCCOC1CCCCO1)OC. The number of methoxy groups -OCH3 is 1. The molecule has 0 N–H and O–H groups in total. The quantitative estimate of drug-likeness (QED) is 0.306. The lowest BCUT2D eigenvalue weighted by Gasteiger charge is -2.22. The van der Waals surface area contributed by atoms with Gasteiger partial charge in [-0.25, -0.2) is 0 Å². The summed E-state index contributed by atoms with van der Waals surface area (Å²) in [6.07, 6.45) is 19.5. The largest absolute Gasteiger partial charge is 0.381 e. The van der Waals surface area contributed by atoms with Gasteiger partial charge in [0.25, 0.3) is 0 Å². The summed E-state index contributed by atoms with van der Waals surface area (Å²) in [5.74, 6) is 0. The van der Waals surface area contributed by atoms with E-state index in [2.05, 4.69) is 19.1 Å². The molecular weight excluding hydrogens is 288 g/mol. The molecule has 0 spiro atoms. The molecule has 1 fully saturated rings. The minimum absolute atomic E-state index is 0.0540. The molecule has 1 saturated heterocycles. The van der Waals surface area contributed by atoms with Crippen LogP contribution >= 0.6 is 0 Å². The second-order valence-corrected chi connectivity index (χ2v) is 6.58. The lowest BCUT2D eigenvalue weighted by atomic mass is 10.1. The highest BCUT2D eigenvalue weighted by Gasteiger charge is 2.13. The summed E-state index contributed by atoms with van der Waals surface area (Å²) < 4.78 is 16.9. The maximum Gasteiger partial charge on any atom is 0.157 e. The first kappa shape index (κ1) is 20.7. The Labute approximate surface area is 143 Å². The van der Waals surface area contributed by atoms with Gasteiger partial charge in [0.05, 0.1) is 12.7 Å². The van der Waals surface area contributed by atoms with Gasteiger partial charge < -0.3 is 14.2 Å². The van der Waals surface area contributed by atoms with E-state index in [1.54, 1.807) is 0 Å². The van der Waals surface area contributed by atoms with Crippen LogP contribution in [0.2, 0.25) is 0 Å². The summed E-state index contributed by atoms with van der Waals surface area (Å²) in [7, 11) is 1.84. The Hall–Kier alpha value is -0.380. The van der Waals surface area contributed by atoms with Gasteiger partial charge in [0, 0.05) is 13.7 Å². The molecule has 1 aliphatic heterocycles. The molecule has 3 heteroatoms. The van der Waals surface area contributed by atoms with Gasteiger partial charge in [0.2, 0.25) is 0 Å². The first-order valence-electron chi connectivity index (χ1n) is 9.77. The van der Waals surface area contributed by atoms with Gasteiger partial charge in [-0.2, -0.15) is 0 Å². The summed E-state index contributed by atoms with van der Waals surface area (Å²) in [6, 6.07) is 0. The third-order valence-electron chi connectivity index (χ3n) is 4.49. The molecule has 0 aromatic heterocycles. The van der Waals surface area contributed by atoms with Crippen LogP contribution in [0.3, 0.4) is 0 Å². The van der Waals surface area contributed by atoms with E-state index < -0.39 is 0 Å². The average molecular weight is 327 g/mol. The number of hydrogen-bond acceptors (Lipinski definition) is 3. The van der Waals surface area contributed by atoms with Crippen molar-refractivity contribution in [2.24, 2.45) is 0 Å². The maximum absolute atomic E-state index is 5.74. The number of rotatable bonds is 14. The van der Waals surface area contributed by atoms with E-state index >= 15 is 0 Å². The van der Waals surface area contributed by atoms with Crippen LogP contribution in [0.1, 0.15) is 84.0 Å². The zero-order valence-corrected chi connectivity index (χ0v) is 15.4. The van der Waals surface area contributed by atoms with Gasteiger partial charge in [-0.15, -0.1) is 0 Å². The summed E-state index contributed by atoms with van der Waals surface area (Å²) in [4.78, 5) is 0. The number of unbranched alkanes of at least 4 members (excludes halogenated alkanes) is 5. The number of allylic oxidation sites excluding steroid dienone is 1. The minimum atomic E-state index is 0.0540. The molecule has 0 saturated carbocycles. The molecule has 0 amide bonds.